The Balaban J connectivity index is 1.22. The molecule has 15 heteroatoms. The molecule has 2 N–H and O–H groups in total. The van der Waals surface area contributed by atoms with Crippen LogP contribution in [0.15, 0.2) is 29.9 Å². The van der Waals surface area contributed by atoms with Gasteiger partial charge in [-0.25, -0.2) is 28.2 Å². The summed E-state index contributed by atoms with van der Waals surface area (Å²) in [4.78, 5) is 24.7. The van der Waals surface area contributed by atoms with E-state index in [2.05, 4.69) is 25.6 Å². The average Bonchev–Trinajstić information content (AvgIpc) is 3.48. The number of nitrogens with zero attached hydrogens (tertiary/aromatic N) is 5. The third-order valence-corrected chi connectivity index (χ3v) is 8.56. The summed E-state index contributed by atoms with van der Waals surface area (Å²) >= 11 is 0. The van der Waals surface area contributed by atoms with E-state index in [1.807, 2.05) is 0 Å². The molecule has 210 valence electrons. The Morgan fingerprint density at radius 2 is 1.84 bits per heavy atom. The number of hydrogen-bond donors (Lipinski definition) is 2. The number of anilines is 1. The summed E-state index contributed by atoms with van der Waals surface area (Å²) in [5.41, 5.74) is 0.892. The Morgan fingerprint density at radius 3 is 2.45 bits per heavy atom. The summed E-state index contributed by atoms with van der Waals surface area (Å²) in [6, 6.07) is -1.04. The Labute approximate surface area is 219 Å². The van der Waals surface area contributed by atoms with E-state index in [1.165, 1.54) is 23.8 Å². The van der Waals surface area contributed by atoms with Crippen LogP contribution in [0.25, 0.3) is 0 Å². The monoisotopic (exact) mass is 559 g/mol. The molecule has 3 atom stereocenters. The van der Waals surface area contributed by atoms with Gasteiger partial charge in [-0.05, 0) is 50.5 Å². The first-order chi connectivity index (χ1) is 17.9. The number of amides is 1. The maximum atomic E-state index is 12.7. The fraction of sp³-hybridized carbons (Fsp3) is 0.652. The highest BCUT2D eigenvalue weighted by atomic mass is 32.2. The van der Waals surface area contributed by atoms with E-state index in [4.69, 9.17) is 4.74 Å². The Kier molecular flexibility index (Phi) is 8.45. The number of sulfonamides is 1. The first-order valence-electron chi connectivity index (χ1n) is 12.5. The summed E-state index contributed by atoms with van der Waals surface area (Å²) in [6.07, 6.45) is 2.77. The van der Waals surface area contributed by atoms with Gasteiger partial charge in [0.15, 0.2) is 5.03 Å². The lowest BCUT2D eigenvalue weighted by atomic mass is 10.0. The number of rotatable bonds is 8. The van der Waals surface area contributed by atoms with Gasteiger partial charge in [-0.2, -0.15) is 17.5 Å². The van der Waals surface area contributed by atoms with Crippen LogP contribution in [-0.2, 0) is 21.8 Å². The van der Waals surface area contributed by atoms with Gasteiger partial charge in [0.05, 0.1) is 12.7 Å². The number of alkyl halides is 3. The van der Waals surface area contributed by atoms with E-state index in [9.17, 15) is 26.4 Å². The van der Waals surface area contributed by atoms with Crippen molar-refractivity contribution in [1.29, 1.82) is 0 Å². The van der Waals surface area contributed by atoms with Crippen LogP contribution in [0.2, 0.25) is 0 Å². The molecule has 38 heavy (non-hydrogen) atoms. The normalized spacial score (nSPS) is 22.2. The zero-order chi connectivity index (χ0) is 27.5. The standard InChI is InChI=1S/C23H32F3N7O4S/c1-15(10-23(24,25)26)30-22(34)37-19-4-3-16(9-19)17-11-27-21(28-12-17)31-18-5-7-33(8-6-18)38(35,36)20-13-32(2)14-29-20/h11-16,18-19H,3-10H2,1-2H3,(H,30,34)(H,27,28,31)/t15-,16-,19+/m0/s1. The second-order valence-corrected chi connectivity index (χ2v) is 11.8. The maximum absolute atomic E-state index is 12.7. The molecule has 0 aromatic carbocycles. The molecule has 2 aromatic heterocycles. The third kappa shape index (κ3) is 7.34. The molecule has 0 unspecified atom stereocenters. The summed E-state index contributed by atoms with van der Waals surface area (Å²) in [6.45, 7) is 2.01. The van der Waals surface area contributed by atoms with E-state index in [1.54, 1.807) is 24.0 Å². The lowest BCUT2D eigenvalue weighted by Gasteiger charge is -2.31. The van der Waals surface area contributed by atoms with Crippen LogP contribution >= 0.6 is 0 Å². The number of piperidine rings is 1. The van der Waals surface area contributed by atoms with Crippen LogP contribution in [0.3, 0.4) is 0 Å². The van der Waals surface area contributed by atoms with Crippen molar-refractivity contribution in [3.05, 3.63) is 30.5 Å². The molecule has 1 saturated carbocycles. The van der Waals surface area contributed by atoms with Gasteiger partial charge >= 0.3 is 12.3 Å². The zero-order valence-corrected chi connectivity index (χ0v) is 22.0. The average molecular weight is 560 g/mol. The van der Waals surface area contributed by atoms with Gasteiger partial charge in [-0.1, -0.05) is 0 Å². The molecule has 1 amide bonds. The first-order valence-corrected chi connectivity index (χ1v) is 13.9. The molecule has 0 spiro atoms. The van der Waals surface area contributed by atoms with Crippen molar-refractivity contribution in [1.82, 2.24) is 29.1 Å². The van der Waals surface area contributed by atoms with Crippen molar-refractivity contribution in [2.75, 3.05) is 18.4 Å². The quantitative estimate of drug-likeness (QED) is 0.504. The summed E-state index contributed by atoms with van der Waals surface area (Å²) in [7, 11) is -1.90. The van der Waals surface area contributed by atoms with Crippen molar-refractivity contribution in [2.45, 2.75) is 80.8 Å². The van der Waals surface area contributed by atoms with Gasteiger partial charge in [0.1, 0.15) is 6.10 Å². The minimum atomic E-state index is -4.36. The number of imidazole rings is 1. The third-order valence-electron chi connectivity index (χ3n) is 6.78. The molecule has 2 aromatic rings. The predicted molar refractivity (Wildman–Crippen MR) is 131 cm³/mol. The predicted octanol–water partition coefficient (Wildman–Crippen LogP) is 3.18. The van der Waals surface area contributed by atoms with E-state index < -0.39 is 34.8 Å². The van der Waals surface area contributed by atoms with Gasteiger partial charge in [-0.15, -0.1) is 0 Å². The van der Waals surface area contributed by atoms with Crippen molar-refractivity contribution < 1.29 is 31.1 Å². The van der Waals surface area contributed by atoms with Gasteiger partial charge in [-0.3, -0.25) is 0 Å². The van der Waals surface area contributed by atoms with Crippen LogP contribution in [0.5, 0.6) is 0 Å². The maximum Gasteiger partial charge on any atom is 0.407 e. The zero-order valence-electron chi connectivity index (χ0n) is 21.2. The van der Waals surface area contributed by atoms with Crippen LogP contribution < -0.4 is 10.6 Å². The summed E-state index contributed by atoms with van der Waals surface area (Å²) < 4.78 is 71.2. The van der Waals surface area contributed by atoms with Crippen molar-refractivity contribution in [3.63, 3.8) is 0 Å². The van der Waals surface area contributed by atoms with Crippen molar-refractivity contribution in [2.24, 2.45) is 7.05 Å². The lowest BCUT2D eigenvalue weighted by Crippen LogP contribution is -2.42. The Morgan fingerprint density at radius 1 is 1.16 bits per heavy atom. The number of halogens is 3. The molecule has 3 heterocycles. The number of aromatic nitrogens is 4. The topological polar surface area (TPSA) is 131 Å². The molecule has 11 nitrogen and oxygen atoms in total. The molecule has 0 bridgehead atoms. The van der Waals surface area contributed by atoms with E-state index in [0.717, 1.165) is 12.0 Å². The van der Waals surface area contributed by atoms with E-state index in [-0.39, 0.29) is 23.1 Å². The fourth-order valence-corrected chi connectivity index (χ4v) is 6.27. The lowest BCUT2D eigenvalue weighted by molar-refractivity contribution is -0.138. The number of nitrogens with one attached hydrogen (secondary N) is 2. The molecule has 1 saturated heterocycles. The number of alkyl carbamates (subject to hydrolysis) is 1. The fourth-order valence-electron chi connectivity index (χ4n) is 4.84. The number of aryl methyl sites for hydroxylation is 1. The van der Waals surface area contributed by atoms with Crippen LogP contribution in [-0.4, -0.2) is 75.8 Å². The van der Waals surface area contributed by atoms with Gasteiger partial charge in [0.2, 0.25) is 5.95 Å². The number of ether oxygens (including phenoxy) is 1. The summed E-state index contributed by atoms with van der Waals surface area (Å²) in [5.74, 6) is 0.526. The van der Waals surface area contributed by atoms with E-state index in [0.29, 0.717) is 44.7 Å². The Bertz CT molecular complexity index is 1200. The van der Waals surface area contributed by atoms with Crippen molar-refractivity contribution >= 4 is 22.1 Å². The molecule has 1 aliphatic heterocycles. The van der Waals surface area contributed by atoms with Crippen LogP contribution in [0.1, 0.15) is 56.9 Å². The minimum Gasteiger partial charge on any atom is -0.446 e. The van der Waals surface area contributed by atoms with Crippen molar-refractivity contribution in [3.8, 4) is 0 Å². The van der Waals surface area contributed by atoms with Crippen LogP contribution in [0.4, 0.5) is 23.9 Å². The van der Waals surface area contributed by atoms with Gasteiger partial charge in [0.25, 0.3) is 10.0 Å². The molecule has 1 aliphatic carbocycles. The molecule has 0 radical (unpaired) electrons. The highest BCUT2D eigenvalue weighted by molar-refractivity contribution is 7.89. The second kappa shape index (κ2) is 11.4. The number of hydrogen-bond acceptors (Lipinski definition) is 8. The van der Waals surface area contributed by atoms with E-state index >= 15 is 0 Å². The number of carbonyl (C=O) groups is 1. The van der Waals surface area contributed by atoms with Gasteiger partial charge in [0, 0.05) is 50.8 Å². The molecule has 2 aliphatic rings. The van der Waals surface area contributed by atoms with Crippen LogP contribution in [0, 0.1) is 0 Å². The highest BCUT2D eigenvalue weighted by Gasteiger charge is 2.33. The SMILES string of the molecule is C[C@@H](CC(F)(F)F)NC(=O)O[C@@H]1CC[C@H](c2cnc(NC3CCN(S(=O)(=O)c4cn(C)cn4)CC3)nc2)C1. The Hall–Kier alpha value is -2.94. The highest BCUT2D eigenvalue weighted by Crippen LogP contribution is 2.35. The molecule has 2 fully saturated rings. The van der Waals surface area contributed by atoms with Gasteiger partial charge < -0.3 is 19.9 Å². The molecular weight excluding hydrogens is 527 g/mol. The first kappa shape index (κ1) is 28.1. The smallest absolute Gasteiger partial charge is 0.407 e. The summed E-state index contributed by atoms with van der Waals surface area (Å²) in [5, 5.41) is 5.54. The second-order valence-electron chi connectivity index (χ2n) is 9.94. The minimum absolute atomic E-state index is 0.0264. The molecular formula is C23H32F3N7O4S. The molecule has 4 rings (SSSR count). The number of carbonyl (C=O) groups excluding carboxylic acids is 1. The largest absolute Gasteiger partial charge is 0.446 e.